The molecule has 122 valence electrons. The van der Waals surface area contributed by atoms with E-state index in [1.54, 1.807) is 0 Å². The summed E-state index contributed by atoms with van der Waals surface area (Å²) < 4.78 is 17.6. The normalized spacial score (nSPS) is 12.5. The second kappa shape index (κ2) is 6.71. The molecule has 0 bridgehead atoms. The monoisotopic (exact) mass is 385 g/mol. The molecule has 0 aliphatic carbocycles. The Balaban J connectivity index is 1.38. The zero-order valence-electron chi connectivity index (χ0n) is 12.9. The van der Waals surface area contributed by atoms with Crippen molar-refractivity contribution in [3.63, 3.8) is 0 Å². The molecule has 0 amide bonds. The first-order chi connectivity index (χ1) is 11.8. The van der Waals surface area contributed by atoms with E-state index in [0.29, 0.717) is 6.54 Å². The van der Waals surface area contributed by atoms with Crippen molar-refractivity contribution < 1.29 is 13.9 Å². The van der Waals surface area contributed by atoms with Gasteiger partial charge in [0, 0.05) is 12.1 Å². The zero-order valence-corrected chi connectivity index (χ0v) is 14.5. The average molecular weight is 386 g/mol. The summed E-state index contributed by atoms with van der Waals surface area (Å²) in [5.74, 6) is 3.36. The van der Waals surface area contributed by atoms with Crippen LogP contribution in [0.2, 0.25) is 0 Å². The van der Waals surface area contributed by atoms with Crippen molar-refractivity contribution in [3.05, 3.63) is 70.4 Å². The quantitative estimate of drug-likeness (QED) is 0.689. The van der Waals surface area contributed by atoms with Crippen LogP contribution in [-0.2, 0) is 13.1 Å². The van der Waals surface area contributed by atoms with Crippen LogP contribution >= 0.6 is 15.9 Å². The summed E-state index contributed by atoms with van der Waals surface area (Å²) in [6.45, 7) is 1.66. The van der Waals surface area contributed by atoms with E-state index in [2.05, 4.69) is 21.2 Å². The van der Waals surface area contributed by atoms with Gasteiger partial charge in [-0.2, -0.15) is 0 Å². The number of ether oxygens (including phenoxy) is 2. The molecule has 0 unspecified atom stereocenters. The highest BCUT2D eigenvalue weighted by atomic mass is 79.9. The highest BCUT2D eigenvalue weighted by Crippen LogP contribution is 2.39. The van der Waals surface area contributed by atoms with E-state index < -0.39 is 0 Å². The standard InChI is InChI=1S/C19H16BrNO3/c20-16-8-13(9-18-19(16)23-12-22-18)10-21-11-15-6-7-17(24-15)14-4-2-1-3-5-14/h1-9,21H,10-12H2. The molecule has 0 saturated carbocycles. The van der Waals surface area contributed by atoms with E-state index in [-0.39, 0.29) is 6.79 Å². The van der Waals surface area contributed by atoms with Crippen LogP contribution in [0, 0.1) is 0 Å². The molecule has 1 aromatic heterocycles. The number of hydrogen-bond acceptors (Lipinski definition) is 4. The number of halogens is 1. The molecule has 2 aromatic carbocycles. The van der Waals surface area contributed by atoms with Crippen LogP contribution in [0.15, 0.2) is 63.5 Å². The number of rotatable bonds is 5. The molecule has 5 heteroatoms. The van der Waals surface area contributed by atoms with Crippen molar-refractivity contribution in [2.45, 2.75) is 13.1 Å². The van der Waals surface area contributed by atoms with Crippen LogP contribution in [-0.4, -0.2) is 6.79 Å². The van der Waals surface area contributed by atoms with Gasteiger partial charge in [-0.15, -0.1) is 0 Å². The molecule has 0 fully saturated rings. The molecule has 0 radical (unpaired) electrons. The lowest BCUT2D eigenvalue weighted by atomic mass is 10.2. The maximum Gasteiger partial charge on any atom is 0.231 e. The molecule has 1 aliphatic heterocycles. The van der Waals surface area contributed by atoms with Crippen molar-refractivity contribution in [2.24, 2.45) is 0 Å². The van der Waals surface area contributed by atoms with Crippen LogP contribution in [0.1, 0.15) is 11.3 Å². The smallest absolute Gasteiger partial charge is 0.231 e. The van der Waals surface area contributed by atoms with Gasteiger partial charge in [0.15, 0.2) is 11.5 Å². The van der Waals surface area contributed by atoms with Crippen LogP contribution in [0.3, 0.4) is 0 Å². The third-order valence-electron chi connectivity index (χ3n) is 3.84. The first-order valence-corrected chi connectivity index (χ1v) is 8.52. The fourth-order valence-corrected chi connectivity index (χ4v) is 3.29. The lowest BCUT2D eigenvalue weighted by Gasteiger charge is -2.06. The van der Waals surface area contributed by atoms with Crippen LogP contribution in [0.25, 0.3) is 11.3 Å². The predicted molar refractivity (Wildman–Crippen MR) is 95.0 cm³/mol. The molecule has 0 saturated heterocycles. The highest BCUT2D eigenvalue weighted by Gasteiger charge is 2.17. The van der Waals surface area contributed by atoms with Gasteiger partial charge in [-0.05, 0) is 45.8 Å². The van der Waals surface area contributed by atoms with Gasteiger partial charge < -0.3 is 19.2 Å². The van der Waals surface area contributed by atoms with Crippen molar-refractivity contribution >= 4 is 15.9 Å². The Morgan fingerprint density at radius 2 is 1.83 bits per heavy atom. The average Bonchev–Trinajstić information content (AvgIpc) is 3.25. The number of hydrogen-bond donors (Lipinski definition) is 1. The van der Waals surface area contributed by atoms with Gasteiger partial charge in [-0.25, -0.2) is 0 Å². The second-order valence-electron chi connectivity index (χ2n) is 5.55. The number of furan rings is 1. The molecule has 4 rings (SSSR count). The van der Waals surface area contributed by atoms with E-state index in [1.807, 2.05) is 54.6 Å². The third-order valence-corrected chi connectivity index (χ3v) is 4.42. The van der Waals surface area contributed by atoms with Gasteiger partial charge in [-0.3, -0.25) is 0 Å². The SMILES string of the molecule is Brc1cc(CNCc2ccc(-c3ccccc3)o2)cc2c1OCO2. The van der Waals surface area contributed by atoms with Gasteiger partial charge in [-0.1, -0.05) is 30.3 Å². The van der Waals surface area contributed by atoms with E-state index in [0.717, 1.165) is 45.2 Å². The Labute approximate surface area is 148 Å². The maximum absolute atomic E-state index is 5.89. The fraction of sp³-hybridized carbons (Fsp3) is 0.158. The molecular formula is C19H16BrNO3. The molecule has 1 aliphatic rings. The van der Waals surface area contributed by atoms with Crippen LogP contribution in [0.5, 0.6) is 11.5 Å². The first kappa shape index (κ1) is 15.3. The van der Waals surface area contributed by atoms with Gasteiger partial charge in [0.05, 0.1) is 11.0 Å². The molecule has 4 nitrogen and oxygen atoms in total. The molecule has 3 aromatic rings. The minimum Gasteiger partial charge on any atom is -0.460 e. The van der Waals surface area contributed by atoms with E-state index in [9.17, 15) is 0 Å². The summed E-state index contributed by atoms with van der Waals surface area (Å²) >= 11 is 3.51. The summed E-state index contributed by atoms with van der Waals surface area (Å²) in [6.07, 6.45) is 0. The third kappa shape index (κ3) is 3.18. The Morgan fingerprint density at radius 1 is 0.958 bits per heavy atom. The van der Waals surface area contributed by atoms with Crippen LogP contribution in [0.4, 0.5) is 0 Å². The summed E-state index contributed by atoms with van der Waals surface area (Å²) in [5.41, 5.74) is 2.21. The number of nitrogens with one attached hydrogen (secondary N) is 1. The lowest BCUT2D eigenvalue weighted by Crippen LogP contribution is -2.12. The maximum atomic E-state index is 5.89. The molecule has 0 spiro atoms. The Kier molecular flexibility index (Phi) is 4.28. The highest BCUT2D eigenvalue weighted by molar-refractivity contribution is 9.10. The van der Waals surface area contributed by atoms with Gasteiger partial charge in [0.2, 0.25) is 6.79 Å². The minimum atomic E-state index is 0.277. The Hall–Kier alpha value is -2.24. The number of fused-ring (bicyclic) bond motifs is 1. The van der Waals surface area contributed by atoms with E-state index in [4.69, 9.17) is 13.9 Å². The summed E-state index contributed by atoms with van der Waals surface area (Å²) in [4.78, 5) is 0. The predicted octanol–water partition coefficient (Wildman–Crippen LogP) is 4.73. The van der Waals surface area contributed by atoms with E-state index in [1.165, 1.54) is 0 Å². The lowest BCUT2D eigenvalue weighted by molar-refractivity contribution is 0.173. The van der Waals surface area contributed by atoms with Crippen molar-refractivity contribution in [2.75, 3.05) is 6.79 Å². The molecular weight excluding hydrogens is 370 g/mol. The topological polar surface area (TPSA) is 43.6 Å². The van der Waals surface area contributed by atoms with Gasteiger partial charge in [0.25, 0.3) is 0 Å². The molecule has 24 heavy (non-hydrogen) atoms. The number of benzene rings is 2. The zero-order chi connectivity index (χ0) is 16.4. The summed E-state index contributed by atoms with van der Waals surface area (Å²) in [6, 6.07) is 18.1. The summed E-state index contributed by atoms with van der Waals surface area (Å²) in [7, 11) is 0. The molecule has 0 atom stereocenters. The molecule has 2 heterocycles. The Bertz CT molecular complexity index is 845. The van der Waals surface area contributed by atoms with E-state index >= 15 is 0 Å². The minimum absolute atomic E-state index is 0.277. The van der Waals surface area contributed by atoms with Crippen molar-refractivity contribution in [1.82, 2.24) is 5.32 Å². The van der Waals surface area contributed by atoms with Gasteiger partial charge in [0.1, 0.15) is 11.5 Å². The Morgan fingerprint density at radius 3 is 2.71 bits per heavy atom. The summed E-state index contributed by atoms with van der Waals surface area (Å²) in [5, 5.41) is 3.39. The van der Waals surface area contributed by atoms with Gasteiger partial charge >= 0.3 is 0 Å². The second-order valence-corrected chi connectivity index (χ2v) is 6.40. The fourth-order valence-electron chi connectivity index (χ4n) is 2.68. The van der Waals surface area contributed by atoms with Crippen molar-refractivity contribution in [3.8, 4) is 22.8 Å². The largest absolute Gasteiger partial charge is 0.460 e. The first-order valence-electron chi connectivity index (χ1n) is 7.72. The molecule has 1 N–H and O–H groups in total. The van der Waals surface area contributed by atoms with Crippen molar-refractivity contribution in [1.29, 1.82) is 0 Å². The van der Waals surface area contributed by atoms with Crippen LogP contribution < -0.4 is 14.8 Å².